The minimum Gasteiger partial charge on any atom is -0.314 e. The maximum absolute atomic E-state index is 4.27. The monoisotopic (exact) mass is 177 g/mol. The lowest BCUT2D eigenvalue weighted by Gasteiger charge is -2.22. The van der Waals surface area contributed by atoms with E-state index in [4.69, 9.17) is 0 Å². The summed E-state index contributed by atoms with van der Waals surface area (Å²) in [4.78, 5) is 8.33. The summed E-state index contributed by atoms with van der Waals surface area (Å²) in [6.45, 7) is 1.16. The van der Waals surface area contributed by atoms with E-state index in [9.17, 15) is 0 Å². The summed E-state index contributed by atoms with van der Waals surface area (Å²) in [5.41, 5.74) is 1.10. The van der Waals surface area contributed by atoms with Crippen molar-refractivity contribution in [3.63, 3.8) is 0 Å². The molecule has 0 saturated carbocycles. The average Bonchev–Trinajstić information content (AvgIpc) is 2.21. The van der Waals surface area contributed by atoms with Gasteiger partial charge in [0.05, 0.1) is 5.69 Å². The molecule has 1 fully saturated rings. The first-order valence-electron chi connectivity index (χ1n) is 4.93. The molecule has 1 aromatic rings. The van der Waals surface area contributed by atoms with Crippen LogP contribution in [0.3, 0.4) is 0 Å². The van der Waals surface area contributed by atoms with Gasteiger partial charge in [0.2, 0.25) is 0 Å². The molecule has 1 aromatic heterocycles. The third-order valence-electron chi connectivity index (χ3n) is 2.48. The molecule has 0 radical (unpaired) electrons. The van der Waals surface area contributed by atoms with Crippen LogP contribution in [0.15, 0.2) is 18.6 Å². The Morgan fingerprint density at radius 3 is 3.08 bits per heavy atom. The maximum Gasteiger partial charge on any atom is 0.0602 e. The van der Waals surface area contributed by atoms with Crippen molar-refractivity contribution in [3.05, 3.63) is 24.3 Å². The van der Waals surface area contributed by atoms with Crippen LogP contribution in [-0.4, -0.2) is 22.6 Å². The number of rotatable bonds is 2. The molecule has 1 atom stereocenters. The zero-order chi connectivity index (χ0) is 8.93. The van der Waals surface area contributed by atoms with E-state index < -0.39 is 0 Å². The Bertz CT molecular complexity index is 242. The molecule has 0 aliphatic carbocycles. The molecule has 0 aromatic carbocycles. The van der Waals surface area contributed by atoms with Gasteiger partial charge in [-0.05, 0) is 19.4 Å². The minimum absolute atomic E-state index is 0.616. The predicted octanol–water partition coefficient (Wildman–Crippen LogP) is 1.16. The first-order chi connectivity index (χ1) is 6.45. The molecule has 2 heterocycles. The maximum atomic E-state index is 4.27. The standard InChI is InChI=1S/C10H15N3/c1-2-4-12-9(3-1)7-10-8-11-5-6-13-10/h5-6,8-9,12H,1-4,7H2. The second kappa shape index (κ2) is 4.33. The molecule has 1 N–H and O–H groups in total. The number of nitrogens with one attached hydrogen (secondary N) is 1. The molecule has 1 saturated heterocycles. The predicted molar refractivity (Wildman–Crippen MR) is 51.4 cm³/mol. The van der Waals surface area contributed by atoms with Crippen LogP contribution < -0.4 is 5.32 Å². The Hall–Kier alpha value is -0.960. The quantitative estimate of drug-likeness (QED) is 0.736. The summed E-state index contributed by atoms with van der Waals surface area (Å²) >= 11 is 0. The third kappa shape index (κ3) is 2.49. The molecule has 13 heavy (non-hydrogen) atoms. The fraction of sp³-hybridized carbons (Fsp3) is 0.600. The van der Waals surface area contributed by atoms with Crippen molar-refractivity contribution < 1.29 is 0 Å². The Balaban J connectivity index is 1.90. The number of hydrogen-bond donors (Lipinski definition) is 1. The van der Waals surface area contributed by atoms with E-state index in [2.05, 4.69) is 15.3 Å². The van der Waals surface area contributed by atoms with Crippen molar-refractivity contribution in [3.8, 4) is 0 Å². The Kier molecular flexibility index (Phi) is 2.87. The second-order valence-corrected chi connectivity index (χ2v) is 3.55. The van der Waals surface area contributed by atoms with Gasteiger partial charge in [-0.1, -0.05) is 6.42 Å². The molecule has 1 aliphatic heterocycles. The van der Waals surface area contributed by atoms with E-state index >= 15 is 0 Å². The van der Waals surface area contributed by atoms with Crippen molar-refractivity contribution >= 4 is 0 Å². The Morgan fingerprint density at radius 1 is 1.38 bits per heavy atom. The van der Waals surface area contributed by atoms with Gasteiger partial charge in [-0.15, -0.1) is 0 Å². The fourth-order valence-electron chi connectivity index (χ4n) is 1.79. The summed E-state index contributed by atoms with van der Waals surface area (Å²) in [6.07, 6.45) is 10.3. The van der Waals surface area contributed by atoms with Crippen LogP contribution in [0.4, 0.5) is 0 Å². The van der Waals surface area contributed by atoms with E-state index in [1.54, 1.807) is 12.4 Å². The van der Waals surface area contributed by atoms with Gasteiger partial charge in [-0.25, -0.2) is 0 Å². The normalized spacial score (nSPS) is 22.9. The molecule has 0 bridgehead atoms. The Morgan fingerprint density at radius 2 is 2.38 bits per heavy atom. The van der Waals surface area contributed by atoms with Gasteiger partial charge in [0.1, 0.15) is 0 Å². The zero-order valence-electron chi connectivity index (χ0n) is 7.74. The SMILES string of the molecule is c1cnc(CC2CCCCN2)cn1. The topological polar surface area (TPSA) is 37.8 Å². The highest BCUT2D eigenvalue weighted by Crippen LogP contribution is 2.10. The van der Waals surface area contributed by atoms with Gasteiger partial charge in [0.15, 0.2) is 0 Å². The smallest absolute Gasteiger partial charge is 0.0602 e. The highest BCUT2D eigenvalue weighted by atomic mass is 14.9. The summed E-state index contributed by atoms with van der Waals surface area (Å²) in [6, 6.07) is 0.616. The van der Waals surface area contributed by atoms with Crippen LogP contribution in [-0.2, 0) is 6.42 Å². The van der Waals surface area contributed by atoms with E-state index in [1.807, 2.05) is 6.20 Å². The van der Waals surface area contributed by atoms with E-state index in [1.165, 1.54) is 19.3 Å². The lowest BCUT2D eigenvalue weighted by Crippen LogP contribution is -2.35. The summed E-state index contributed by atoms with van der Waals surface area (Å²) < 4.78 is 0. The molecular formula is C10H15N3. The first-order valence-corrected chi connectivity index (χ1v) is 4.93. The number of nitrogens with zero attached hydrogens (tertiary/aromatic N) is 2. The fourth-order valence-corrected chi connectivity index (χ4v) is 1.79. The van der Waals surface area contributed by atoms with Gasteiger partial charge in [0, 0.05) is 31.1 Å². The molecule has 70 valence electrons. The van der Waals surface area contributed by atoms with Crippen molar-refractivity contribution in [1.29, 1.82) is 0 Å². The zero-order valence-corrected chi connectivity index (χ0v) is 7.74. The first kappa shape index (κ1) is 8.63. The summed E-state index contributed by atoms with van der Waals surface area (Å²) in [7, 11) is 0. The van der Waals surface area contributed by atoms with Crippen molar-refractivity contribution in [2.45, 2.75) is 31.7 Å². The van der Waals surface area contributed by atoms with Gasteiger partial charge in [-0.2, -0.15) is 0 Å². The van der Waals surface area contributed by atoms with Crippen molar-refractivity contribution in [1.82, 2.24) is 15.3 Å². The number of piperidine rings is 1. The van der Waals surface area contributed by atoms with Crippen LogP contribution in [0, 0.1) is 0 Å². The van der Waals surface area contributed by atoms with Crippen LogP contribution >= 0.6 is 0 Å². The van der Waals surface area contributed by atoms with Crippen LogP contribution in [0.25, 0.3) is 0 Å². The largest absolute Gasteiger partial charge is 0.314 e. The highest BCUT2D eigenvalue weighted by molar-refractivity contribution is 4.98. The average molecular weight is 177 g/mol. The number of hydrogen-bond acceptors (Lipinski definition) is 3. The highest BCUT2D eigenvalue weighted by Gasteiger charge is 2.13. The molecule has 0 spiro atoms. The minimum atomic E-state index is 0.616. The molecule has 3 nitrogen and oxygen atoms in total. The summed E-state index contributed by atoms with van der Waals surface area (Å²) in [5, 5.41) is 3.50. The number of aromatic nitrogens is 2. The van der Waals surface area contributed by atoms with E-state index in [0.717, 1.165) is 18.7 Å². The van der Waals surface area contributed by atoms with Crippen molar-refractivity contribution in [2.24, 2.45) is 0 Å². The van der Waals surface area contributed by atoms with Gasteiger partial charge >= 0.3 is 0 Å². The molecule has 1 aliphatic rings. The summed E-state index contributed by atoms with van der Waals surface area (Å²) in [5.74, 6) is 0. The van der Waals surface area contributed by atoms with E-state index in [-0.39, 0.29) is 0 Å². The lowest BCUT2D eigenvalue weighted by atomic mass is 10.0. The molecule has 3 heteroatoms. The van der Waals surface area contributed by atoms with E-state index in [0.29, 0.717) is 6.04 Å². The van der Waals surface area contributed by atoms with Crippen LogP contribution in [0.5, 0.6) is 0 Å². The molecular weight excluding hydrogens is 162 g/mol. The van der Waals surface area contributed by atoms with Gasteiger partial charge in [-0.3, -0.25) is 9.97 Å². The third-order valence-corrected chi connectivity index (χ3v) is 2.48. The second-order valence-electron chi connectivity index (χ2n) is 3.55. The molecule has 0 amide bonds. The Labute approximate surface area is 78.6 Å². The van der Waals surface area contributed by atoms with Crippen LogP contribution in [0.1, 0.15) is 25.0 Å². The van der Waals surface area contributed by atoms with Gasteiger partial charge in [0.25, 0.3) is 0 Å². The van der Waals surface area contributed by atoms with Gasteiger partial charge < -0.3 is 5.32 Å². The molecule has 2 rings (SSSR count). The molecule has 1 unspecified atom stereocenters. The lowest BCUT2D eigenvalue weighted by molar-refractivity contribution is 0.397. The van der Waals surface area contributed by atoms with Crippen molar-refractivity contribution in [2.75, 3.05) is 6.54 Å². The van der Waals surface area contributed by atoms with Crippen LogP contribution in [0.2, 0.25) is 0 Å².